The highest BCUT2D eigenvalue weighted by Crippen LogP contribution is 2.44. The van der Waals surface area contributed by atoms with Crippen LogP contribution in [0, 0.1) is 0 Å². The van der Waals surface area contributed by atoms with Crippen molar-refractivity contribution in [2.24, 2.45) is 7.05 Å². The molecule has 6 aliphatic heterocycles. The minimum absolute atomic E-state index is 0.0314. The van der Waals surface area contributed by atoms with Crippen LogP contribution in [0.2, 0.25) is 0 Å². The zero-order valence-corrected chi connectivity index (χ0v) is 34.5. The maximum absolute atomic E-state index is 14.7. The molecule has 0 saturated carbocycles. The van der Waals surface area contributed by atoms with Gasteiger partial charge in [0.05, 0.1) is 36.5 Å². The maximum atomic E-state index is 14.7. The van der Waals surface area contributed by atoms with E-state index < -0.39 is 36.1 Å². The second-order valence-electron chi connectivity index (χ2n) is 17.3. The SMILES string of the molecule is CC(=O)N1CCc2c(c(N3CCCc4cc(-c5cnn(C)c5)c(C(F)F)cc43)nn2C2CCN(CC(=O)N3Cc4cc5c(cc4C3)C(=O)N(C3CCC(=O)NC3=O)C5=O)CC2)C1. The van der Waals surface area contributed by atoms with Gasteiger partial charge in [0.1, 0.15) is 6.04 Å². The summed E-state index contributed by atoms with van der Waals surface area (Å²) in [5.74, 6) is -1.64. The Morgan fingerprint density at radius 3 is 2.19 bits per heavy atom. The fraction of sp³-hybridized carbons (Fsp3) is 0.455. The van der Waals surface area contributed by atoms with Crippen molar-refractivity contribution in [1.82, 2.24) is 44.5 Å². The molecule has 62 heavy (non-hydrogen) atoms. The van der Waals surface area contributed by atoms with Crippen LogP contribution in [0.25, 0.3) is 11.1 Å². The number of benzene rings is 2. The molecule has 2 aromatic heterocycles. The Kier molecular flexibility index (Phi) is 9.79. The van der Waals surface area contributed by atoms with Crippen LogP contribution < -0.4 is 10.2 Å². The van der Waals surface area contributed by atoms with Gasteiger partial charge in [0.25, 0.3) is 18.2 Å². The molecular weight excluding hydrogens is 803 g/mol. The number of amides is 6. The standard InChI is InChI=1S/C44H46F2N10O6/c1-24(57)52-13-9-35-34(22-52)41(54-10-3-4-25-14-30(28-18-47-50(2)19-28)31(40(45)46)17-37(25)54)49-56(35)29-7-11-51(12-8-29)23-39(59)53-20-26-15-32-33(16-27(26)21-53)44(62)55(43(32)61)36-5-6-38(58)48-42(36)60/h14-19,29,36,40H,3-13,20-23H2,1-2H3,(H,48,58,60). The average molecular weight is 849 g/mol. The molecule has 16 nitrogen and oxygen atoms in total. The zero-order chi connectivity index (χ0) is 43.1. The molecule has 6 aliphatic rings. The number of anilines is 2. The highest BCUT2D eigenvalue weighted by molar-refractivity contribution is 6.23. The molecule has 0 spiro atoms. The molecule has 0 bridgehead atoms. The Balaban J connectivity index is 0.836. The van der Waals surface area contributed by atoms with Crippen molar-refractivity contribution >= 4 is 46.9 Å². The first-order valence-corrected chi connectivity index (χ1v) is 21.3. The molecular formula is C44H46F2N10O6. The lowest BCUT2D eigenvalue weighted by Gasteiger charge is -2.34. The molecule has 0 radical (unpaired) electrons. The van der Waals surface area contributed by atoms with E-state index in [4.69, 9.17) is 5.10 Å². The number of imide groups is 2. The Morgan fingerprint density at radius 2 is 1.55 bits per heavy atom. The van der Waals surface area contributed by atoms with E-state index in [2.05, 4.69) is 24.9 Å². The number of nitrogens with zero attached hydrogens (tertiary/aromatic N) is 9. The quantitative estimate of drug-likeness (QED) is 0.271. The average Bonchev–Trinajstić information content (AvgIpc) is 4.03. The molecule has 6 amide bonds. The first-order chi connectivity index (χ1) is 29.8. The van der Waals surface area contributed by atoms with E-state index in [0.717, 1.165) is 58.5 Å². The summed E-state index contributed by atoms with van der Waals surface area (Å²) < 4.78 is 33.1. The second kappa shape index (κ2) is 15.3. The monoisotopic (exact) mass is 848 g/mol. The Bertz CT molecular complexity index is 2550. The first-order valence-electron chi connectivity index (χ1n) is 21.3. The lowest BCUT2D eigenvalue weighted by molar-refractivity contribution is -0.136. The first kappa shape index (κ1) is 39.8. The van der Waals surface area contributed by atoms with Crippen molar-refractivity contribution in [3.05, 3.63) is 81.3 Å². The zero-order valence-electron chi connectivity index (χ0n) is 34.5. The lowest BCUT2D eigenvalue weighted by Crippen LogP contribution is -2.54. The van der Waals surface area contributed by atoms with E-state index in [1.54, 1.807) is 54.1 Å². The Hall–Kier alpha value is -6.30. The van der Waals surface area contributed by atoms with Crippen molar-refractivity contribution in [2.45, 2.75) is 90.0 Å². The summed E-state index contributed by atoms with van der Waals surface area (Å²) in [4.78, 5) is 86.0. The van der Waals surface area contributed by atoms with Crippen LogP contribution in [0.4, 0.5) is 20.3 Å². The molecule has 1 unspecified atom stereocenters. The van der Waals surface area contributed by atoms with Gasteiger partial charge in [-0.1, -0.05) is 0 Å². The van der Waals surface area contributed by atoms with Crippen LogP contribution in [0.15, 0.2) is 36.7 Å². The van der Waals surface area contributed by atoms with Crippen molar-refractivity contribution in [3.8, 4) is 11.1 Å². The number of fused-ring (bicyclic) bond motifs is 4. The molecule has 1 atom stereocenters. The molecule has 2 saturated heterocycles. The number of likely N-dealkylation sites (tertiary alicyclic amines) is 1. The van der Waals surface area contributed by atoms with Gasteiger partial charge in [-0.2, -0.15) is 10.2 Å². The molecule has 8 heterocycles. The van der Waals surface area contributed by atoms with E-state index in [-0.39, 0.29) is 53.9 Å². The molecule has 10 rings (SSSR count). The van der Waals surface area contributed by atoms with E-state index in [1.165, 1.54) is 0 Å². The number of alkyl halides is 2. The van der Waals surface area contributed by atoms with Crippen LogP contribution >= 0.6 is 0 Å². The summed E-state index contributed by atoms with van der Waals surface area (Å²) in [5, 5.41) is 11.7. The van der Waals surface area contributed by atoms with Crippen LogP contribution in [0.5, 0.6) is 0 Å². The summed E-state index contributed by atoms with van der Waals surface area (Å²) >= 11 is 0. The van der Waals surface area contributed by atoms with Gasteiger partial charge in [0.15, 0.2) is 5.82 Å². The second-order valence-corrected chi connectivity index (χ2v) is 17.3. The maximum Gasteiger partial charge on any atom is 0.264 e. The number of hydrogen-bond acceptors (Lipinski definition) is 10. The largest absolute Gasteiger partial charge is 0.338 e. The predicted molar refractivity (Wildman–Crippen MR) is 218 cm³/mol. The third-order valence-corrected chi connectivity index (χ3v) is 13.5. The number of rotatable bonds is 7. The third kappa shape index (κ3) is 6.74. The summed E-state index contributed by atoms with van der Waals surface area (Å²) in [5.41, 5.74) is 6.67. The van der Waals surface area contributed by atoms with Gasteiger partial charge < -0.3 is 14.7 Å². The number of carbonyl (C=O) groups excluding carboxylic acids is 6. The third-order valence-electron chi connectivity index (χ3n) is 13.5. The van der Waals surface area contributed by atoms with Gasteiger partial charge in [-0.15, -0.1) is 0 Å². The highest BCUT2D eigenvalue weighted by Gasteiger charge is 2.46. The molecule has 1 N–H and O–H groups in total. The van der Waals surface area contributed by atoms with Crippen LogP contribution in [0.1, 0.15) is 106 Å². The number of nitrogens with one attached hydrogen (secondary N) is 1. The van der Waals surface area contributed by atoms with Gasteiger partial charge in [-0.3, -0.25) is 53.2 Å². The van der Waals surface area contributed by atoms with E-state index >= 15 is 0 Å². The van der Waals surface area contributed by atoms with E-state index in [9.17, 15) is 37.5 Å². The van der Waals surface area contributed by atoms with Crippen LogP contribution in [-0.2, 0) is 58.7 Å². The minimum atomic E-state index is -2.70. The van der Waals surface area contributed by atoms with E-state index in [1.807, 2.05) is 11.0 Å². The molecule has 4 aromatic rings. The minimum Gasteiger partial charge on any atom is -0.338 e. The number of aryl methyl sites for hydroxylation is 2. The summed E-state index contributed by atoms with van der Waals surface area (Å²) in [7, 11) is 1.76. The van der Waals surface area contributed by atoms with Crippen molar-refractivity contribution < 1.29 is 37.5 Å². The van der Waals surface area contributed by atoms with E-state index in [0.29, 0.717) is 74.9 Å². The topological polar surface area (TPSA) is 166 Å². The number of aromatic nitrogens is 4. The van der Waals surface area contributed by atoms with Gasteiger partial charge >= 0.3 is 0 Å². The summed E-state index contributed by atoms with van der Waals surface area (Å²) in [6.45, 7) is 5.19. The number of hydrogen-bond donors (Lipinski definition) is 1. The normalized spacial score (nSPS) is 20.5. The van der Waals surface area contributed by atoms with Gasteiger partial charge in [0.2, 0.25) is 23.6 Å². The smallest absolute Gasteiger partial charge is 0.264 e. The predicted octanol–water partition coefficient (Wildman–Crippen LogP) is 3.79. The summed E-state index contributed by atoms with van der Waals surface area (Å²) in [6.07, 6.45) is 4.40. The van der Waals surface area contributed by atoms with Gasteiger partial charge in [0, 0.05) is 100 Å². The van der Waals surface area contributed by atoms with Crippen LogP contribution in [0.3, 0.4) is 0 Å². The fourth-order valence-corrected chi connectivity index (χ4v) is 10.2. The fourth-order valence-electron chi connectivity index (χ4n) is 10.2. The Labute approximate surface area is 355 Å². The van der Waals surface area contributed by atoms with Crippen molar-refractivity contribution in [3.63, 3.8) is 0 Å². The number of carbonyl (C=O) groups is 6. The number of halogens is 2. The Morgan fingerprint density at radius 1 is 0.839 bits per heavy atom. The van der Waals surface area contributed by atoms with Gasteiger partial charge in [-0.05, 0) is 78.6 Å². The summed E-state index contributed by atoms with van der Waals surface area (Å²) in [6, 6.07) is 5.79. The van der Waals surface area contributed by atoms with Crippen molar-refractivity contribution in [1.29, 1.82) is 0 Å². The molecule has 322 valence electrons. The van der Waals surface area contributed by atoms with Crippen molar-refractivity contribution in [2.75, 3.05) is 37.6 Å². The molecule has 18 heteroatoms. The van der Waals surface area contributed by atoms with Crippen LogP contribution in [-0.4, -0.2) is 113 Å². The molecule has 2 fully saturated rings. The van der Waals surface area contributed by atoms with Gasteiger partial charge in [-0.25, -0.2) is 8.78 Å². The highest BCUT2D eigenvalue weighted by atomic mass is 19.3. The number of piperidine rings is 2. The lowest BCUT2D eigenvalue weighted by atomic mass is 9.92. The molecule has 0 aliphatic carbocycles. The molecule has 2 aromatic carbocycles.